The number of nitrogens with zero attached hydrogens (tertiary/aromatic N) is 4. The molecule has 4 rings (SSSR count). The first-order valence-electron chi connectivity index (χ1n) is 7.82. The molecule has 3 aromatic heterocycles. The molecule has 0 radical (unpaired) electrons. The molecule has 1 aliphatic rings. The van der Waals surface area contributed by atoms with Crippen molar-refractivity contribution in [3.8, 4) is 11.4 Å². The maximum absolute atomic E-state index is 5.47. The minimum absolute atomic E-state index is 0.376. The Hall–Kier alpha value is -2.21. The van der Waals surface area contributed by atoms with Gasteiger partial charge in [-0.25, -0.2) is 9.67 Å². The van der Waals surface area contributed by atoms with E-state index in [2.05, 4.69) is 27.9 Å². The fourth-order valence-electron chi connectivity index (χ4n) is 3.07. The molecule has 3 aromatic rings. The highest BCUT2D eigenvalue weighted by atomic mass is 16.5. The topological polar surface area (TPSA) is 68.6 Å². The summed E-state index contributed by atoms with van der Waals surface area (Å²) in [6.07, 6.45) is 4.65. The van der Waals surface area contributed by atoms with E-state index >= 15 is 0 Å². The Kier molecular flexibility index (Phi) is 3.38. The Labute approximate surface area is 128 Å². The van der Waals surface area contributed by atoms with Crippen LogP contribution >= 0.6 is 0 Å². The van der Waals surface area contributed by atoms with Crippen LogP contribution in [0.1, 0.15) is 31.5 Å². The van der Waals surface area contributed by atoms with E-state index in [1.54, 1.807) is 6.20 Å². The maximum atomic E-state index is 5.47. The summed E-state index contributed by atoms with van der Waals surface area (Å²) in [7, 11) is 0. The first-order chi connectivity index (χ1) is 10.9. The van der Waals surface area contributed by atoms with Crippen molar-refractivity contribution in [2.24, 2.45) is 0 Å². The van der Waals surface area contributed by atoms with E-state index in [1.165, 1.54) is 0 Å². The van der Waals surface area contributed by atoms with Crippen LogP contribution < -0.4 is 0 Å². The molecule has 0 aromatic carbocycles. The zero-order chi connectivity index (χ0) is 14.9. The number of hydrogen-bond donors (Lipinski definition) is 1. The third-order valence-electron chi connectivity index (χ3n) is 4.28. The van der Waals surface area contributed by atoms with E-state index < -0.39 is 0 Å². The molecule has 4 heterocycles. The van der Waals surface area contributed by atoms with E-state index in [0.29, 0.717) is 6.04 Å². The van der Waals surface area contributed by atoms with Crippen molar-refractivity contribution >= 4 is 11.0 Å². The van der Waals surface area contributed by atoms with Crippen LogP contribution in [0.2, 0.25) is 0 Å². The van der Waals surface area contributed by atoms with Gasteiger partial charge in [-0.1, -0.05) is 6.92 Å². The van der Waals surface area contributed by atoms with E-state index in [4.69, 9.17) is 14.8 Å². The second kappa shape index (κ2) is 5.53. The second-order valence-electron chi connectivity index (χ2n) is 5.63. The van der Waals surface area contributed by atoms with Gasteiger partial charge in [-0.3, -0.25) is 5.10 Å². The number of aromatic nitrogens is 5. The molecule has 6 heteroatoms. The molecular formula is C16H19N5O. The fraction of sp³-hybridized carbons (Fsp3) is 0.438. The van der Waals surface area contributed by atoms with Gasteiger partial charge in [0, 0.05) is 24.8 Å². The molecule has 0 unspecified atom stereocenters. The lowest BCUT2D eigenvalue weighted by Crippen LogP contribution is -2.20. The van der Waals surface area contributed by atoms with E-state index in [0.717, 1.165) is 60.6 Å². The van der Waals surface area contributed by atoms with Crippen LogP contribution in [0.5, 0.6) is 0 Å². The van der Waals surface area contributed by atoms with Crippen molar-refractivity contribution in [1.82, 2.24) is 25.0 Å². The van der Waals surface area contributed by atoms with Crippen LogP contribution in [-0.4, -0.2) is 38.2 Å². The summed E-state index contributed by atoms with van der Waals surface area (Å²) in [5.41, 5.74) is 3.92. The molecule has 0 bridgehead atoms. The van der Waals surface area contributed by atoms with Gasteiger partial charge >= 0.3 is 0 Å². The van der Waals surface area contributed by atoms with Crippen LogP contribution in [0.4, 0.5) is 0 Å². The number of pyridine rings is 1. The number of aryl methyl sites for hydroxylation is 1. The summed E-state index contributed by atoms with van der Waals surface area (Å²) in [5, 5.41) is 13.0. The first kappa shape index (κ1) is 13.5. The van der Waals surface area contributed by atoms with Gasteiger partial charge in [0.1, 0.15) is 0 Å². The molecule has 1 saturated heterocycles. The standard InChI is InChI=1S/C16H19N5O/c1-2-13-12-3-4-14(15-5-8-17-19-15)18-16(12)21(20-13)11-6-9-22-10-7-11/h3-5,8,11H,2,6-7,9-10H2,1H3,(H,17,19). The Balaban J connectivity index is 1.85. The van der Waals surface area contributed by atoms with E-state index in [-0.39, 0.29) is 0 Å². The average molecular weight is 297 g/mol. The second-order valence-corrected chi connectivity index (χ2v) is 5.63. The Morgan fingerprint density at radius 2 is 2.14 bits per heavy atom. The predicted octanol–water partition coefficient (Wildman–Crippen LogP) is 2.74. The first-order valence-corrected chi connectivity index (χ1v) is 7.82. The molecule has 114 valence electrons. The zero-order valence-electron chi connectivity index (χ0n) is 12.6. The molecule has 0 amide bonds. The van der Waals surface area contributed by atoms with Crippen molar-refractivity contribution in [1.29, 1.82) is 0 Å². The molecule has 0 aliphatic carbocycles. The molecule has 22 heavy (non-hydrogen) atoms. The van der Waals surface area contributed by atoms with E-state index in [9.17, 15) is 0 Å². The Bertz CT molecular complexity index is 771. The molecular weight excluding hydrogens is 278 g/mol. The summed E-state index contributed by atoms with van der Waals surface area (Å²) in [6.45, 7) is 3.74. The molecule has 0 spiro atoms. The number of hydrogen-bond acceptors (Lipinski definition) is 4. The minimum atomic E-state index is 0.376. The highest BCUT2D eigenvalue weighted by Gasteiger charge is 2.21. The molecule has 6 nitrogen and oxygen atoms in total. The lowest BCUT2D eigenvalue weighted by atomic mass is 10.1. The summed E-state index contributed by atoms with van der Waals surface area (Å²) in [4.78, 5) is 4.85. The summed E-state index contributed by atoms with van der Waals surface area (Å²) in [5.74, 6) is 0. The number of nitrogens with one attached hydrogen (secondary N) is 1. The van der Waals surface area contributed by atoms with Gasteiger partial charge in [-0.15, -0.1) is 0 Å². The van der Waals surface area contributed by atoms with Crippen LogP contribution in [0.3, 0.4) is 0 Å². The van der Waals surface area contributed by atoms with Crippen LogP contribution in [0.25, 0.3) is 22.4 Å². The van der Waals surface area contributed by atoms with Crippen molar-refractivity contribution in [3.05, 3.63) is 30.1 Å². The number of ether oxygens (including phenoxy) is 1. The monoisotopic (exact) mass is 297 g/mol. The van der Waals surface area contributed by atoms with Crippen molar-refractivity contribution in [3.63, 3.8) is 0 Å². The number of H-pyrrole nitrogens is 1. The lowest BCUT2D eigenvalue weighted by molar-refractivity contribution is 0.0672. The maximum Gasteiger partial charge on any atom is 0.159 e. The van der Waals surface area contributed by atoms with Gasteiger partial charge in [0.15, 0.2) is 5.65 Å². The minimum Gasteiger partial charge on any atom is -0.381 e. The molecule has 1 fully saturated rings. The summed E-state index contributed by atoms with van der Waals surface area (Å²) >= 11 is 0. The van der Waals surface area contributed by atoms with Crippen LogP contribution in [-0.2, 0) is 11.2 Å². The van der Waals surface area contributed by atoms with Gasteiger partial charge in [0.05, 0.1) is 23.1 Å². The number of fused-ring (bicyclic) bond motifs is 1. The quantitative estimate of drug-likeness (QED) is 0.807. The van der Waals surface area contributed by atoms with Crippen LogP contribution in [0, 0.1) is 0 Å². The van der Waals surface area contributed by atoms with Crippen molar-refractivity contribution in [2.45, 2.75) is 32.2 Å². The van der Waals surface area contributed by atoms with Gasteiger partial charge < -0.3 is 4.74 Å². The lowest BCUT2D eigenvalue weighted by Gasteiger charge is -2.22. The number of aromatic amines is 1. The van der Waals surface area contributed by atoms with E-state index in [1.807, 2.05) is 12.1 Å². The largest absolute Gasteiger partial charge is 0.381 e. The number of rotatable bonds is 3. The van der Waals surface area contributed by atoms with Crippen LogP contribution in [0.15, 0.2) is 24.4 Å². The van der Waals surface area contributed by atoms with Gasteiger partial charge in [0.2, 0.25) is 0 Å². The van der Waals surface area contributed by atoms with Gasteiger partial charge in [-0.2, -0.15) is 10.2 Å². The summed E-state index contributed by atoms with van der Waals surface area (Å²) in [6, 6.07) is 6.47. The predicted molar refractivity (Wildman–Crippen MR) is 83.6 cm³/mol. The third kappa shape index (κ3) is 2.20. The average Bonchev–Trinajstić information content (AvgIpc) is 3.23. The fourth-order valence-corrected chi connectivity index (χ4v) is 3.07. The summed E-state index contributed by atoms with van der Waals surface area (Å²) < 4.78 is 7.58. The van der Waals surface area contributed by atoms with Crippen molar-refractivity contribution in [2.75, 3.05) is 13.2 Å². The zero-order valence-corrected chi connectivity index (χ0v) is 12.6. The molecule has 0 saturated carbocycles. The molecule has 0 atom stereocenters. The molecule has 1 aliphatic heterocycles. The normalized spacial score (nSPS) is 16.4. The SMILES string of the molecule is CCc1nn(C2CCOCC2)c2nc(-c3ccn[nH]3)ccc12. The highest BCUT2D eigenvalue weighted by molar-refractivity contribution is 5.81. The van der Waals surface area contributed by atoms with Gasteiger partial charge in [-0.05, 0) is 37.5 Å². The third-order valence-corrected chi connectivity index (χ3v) is 4.28. The van der Waals surface area contributed by atoms with Crippen molar-refractivity contribution < 1.29 is 4.74 Å². The Morgan fingerprint density at radius 1 is 1.27 bits per heavy atom. The molecule has 1 N–H and O–H groups in total. The smallest absolute Gasteiger partial charge is 0.159 e. The highest BCUT2D eigenvalue weighted by Crippen LogP contribution is 2.28. The van der Waals surface area contributed by atoms with Gasteiger partial charge in [0.25, 0.3) is 0 Å². The Morgan fingerprint density at radius 3 is 2.86 bits per heavy atom.